The standard InChI is InChI=1S/C19H32N4O/c1-4-21-18(22-12-9-16-8-11-20-13-15(16)2)23-14-19(3)10-6-5-7-17(19)24/h8,11,13,17,24H,4-7,9-10,12,14H2,1-3H3,(H2,21,22,23). The number of rotatable bonds is 6. The second-order valence-corrected chi connectivity index (χ2v) is 7.09. The topological polar surface area (TPSA) is 69.5 Å². The highest BCUT2D eigenvalue weighted by molar-refractivity contribution is 5.79. The minimum Gasteiger partial charge on any atom is -0.392 e. The number of guanidine groups is 1. The van der Waals surface area contributed by atoms with Crippen molar-refractivity contribution in [2.45, 2.75) is 59.0 Å². The summed E-state index contributed by atoms with van der Waals surface area (Å²) in [6.45, 7) is 8.64. The Morgan fingerprint density at radius 1 is 1.42 bits per heavy atom. The number of aliphatic hydroxyl groups excluding tert-OH is 1. The molecule has 5 nitrogen and oxygen atoms in total. The Bertz CT molecular complexity index is 546. The van der Waals surface area contributed by atoms with Crippen molar-refractivity contribution in [3.8, 4) is 0 Å². The molecule has 24 heavy (non-hydrogen) atoms. The first-order chi connectivity index (χ1) is 11.5. The van der Waals surface area contributed by atoms with Crippen LogP contribution in [0.15, 0.2) is 23.5 Å². The molecule has 0 amide bonds. The van der Waals surface area contributed by atoms with Crippen LogP contribution in [0.4, 0.5) is 0 Å². The van der Waals surface area contributed by atoms with E-state index in [2.05, 4.69) is 42.5 Å². The quantitative estimate of drug-likeness (QED) is 0.553. The van der Waals surface area contributed by atoms with Crippen molar-refractivity contribution in [1.29, 1.82) is 0 Å². The molecule has 1 heterocycles. The minimum atomic E-state index is -0.239. The van der Waals surface area contributed by atoms with Gasteiger partial charge in [0.25, 0.3) is 0 Å². The van der Waals surface area contributed by atoms with Gasteiger partial charge in [-0.1, -0.05) is 19.8 Å². The molecule has 1 saturated carbocycles. The Morgan fingerprint density at radius 3 is 2.96 bits per heavy atom. The normalized spacial score (nSPS) is 24.7. The molecule has 5 heteroatoms. The van der Waals surface area contributed by atoms with Gasteiger partial charge in [-0.25, -0.2) is 0 Å². The number of nitrogens with one attached hydrogen (secondary N) is 2. The number of aliphatic imine (C=N–C) groups is 1. The molecule has 1 aromatic rings. The minimum absolute atomic E-state index is 0.0950. The van der Waals surface area contributed by atoms with E-state index in [4.69, 9.17) is 4.99 Å². The van der Waals surface area contributed by atoms with Gasteiger partial charge in [-0.15, -0.1) is 0 Å². The van der Waals surface area contributed by atoms with E-state index < -0.39 is 0 Å². The van der Waals surface area contributed by atoms with Gasteiger partial charge < -0.3 is 15.7 Å². The second kappa shape index (κ2) is 9.02. The van der Waals surface area contributed by atoms with Crippen LogP contribution in [0, 0.1) is 12.3 Å². The van der Waals surface area contributed by atoms with Crippen molar-refractivity contribution in [3.63, 3.8) is 0 Å². The van der Waals surface area contributed by atoms with Crippen molar-refractivity contribution in [2.75, 3.05) is 19.6 Å². The molecule has 2 unspecified atom stereocenters. The summed E-state index contributed by atoms with van der Waals surface area (Å²) in [5.41, 5.74) is 2.43. The van der Waals surface area contributed by atoms with E-state index in [1.165, 1.54) is 17.5 Å². The Morgan fingerprint density at radius 2 is 2.25 bits per heavy atom. The zero-order valence-electron chi connectivity index (χ0n) is 15.3. The molecule has 1 aliphatic rings. The summed E-state index contributed by atoms with van der Waals surface area (Å²) in [4.78, 5) is 8.87. The maximum absolute atomic E-state index is 10.3. The fraction of sp³-hybridized carbons (Fsp3) is 0.684. The summed E-state index contributed by atoms with van der Waals surface area (Å²) in [6, 6.07) is 2.07. The van der Waals surface area contributed by atoms with Gasteiger partial charge in [-0.05, 0) is 50.3 Å². The zero-order chi connectivity index (χ0) is 17.4. The molecule has 1 fully saturated rings. The predicted octanol–water partition coefficient (Wildman–Crippen LogP) is 2.43. The summed E-state index contributed by atoms with van der Waals surface area (Å²) in [6.07, 6.45) is 8.71. The number of nitrogens with zero attached hydrogens (tertiary/aromatic N) is 2. The van der Waals surface area contributed by atoms with Gasteiger partial charge in [-0.2, -0.15) is 0 Å². The molecule has 0 bridgehead atoms. The van der Waals surface area contributed by atoms with Crippen LogP contribution in [0.2, 0.25) is 0 Å². The smallest absolute Gasteiger partial charge is 0.191 e. The number of hydrogen-bond acceptors (Lipinski definition) is 3. The lowest BCUT2D eigenvalue weighted by atomic mass is 9.73. The Labute approximate surface area is 146 Å². The zero-order valence-corrected chi connectivity index (χ0v) is 15.3. The molecule has 0 aliphatic heterocycles. The van der Waals surface area contributed by atoms with Crippen LogP contribution in [0.25, 0.3) is 0 Å². The van der Waals surface area contributed by atoms with Gasteiger partial charge >= 0.3 is 0 Å². The van der Waals surface area contributed by atoms with Crippen molar-refractivity contribution in [2.24, 2.45) is 10.4 Å². The van der Waals surface area contributed by atoms with Crippen LogP contribution in [0.5, 0.6) is 0 Å². The summed E-state index contributed by atoms with van der Waals surface area (Å²) in [5.74, 6) is 0.836. The van der Waals surface area contributed by atoms with Crippen LogP contribution < -0.4 is 10.6 Å². The molecule has 134 valence electrons. The molecule has 0 radical (unpaired) electrons. The van der Waals surface area contributed by atoms with Crippen LogP contribution in [-0.2, 0) is 6.42 Å². The molecule has 1 aromatic heterocycles. The van der Waals surface area contributed by atoms with Gasteiger partial charge in [0, 0.05) is 30.9 Å². The van der Waals surface area contributed by atoms with Gasteiger partial charge in [0.1, 0.15) is 0 Å². The third kappa shape index (κ3) is 5.20. The van der Waals surface area contributed by atoms with Crippen LogP contribution in [0.1, 0.15) is 50.7 Å². The first-order valence-electron chi connectivity index (χ1n) is 9.15. The lowest BCUT2D eigenvalue weighted by molar-refractivity contribution is 0.00716. The largest absolute Gasteiger partial charge is 0.392 e. The molecule has 2 rings (SSSR count). The van der Waals surface area contributed by atoms with Crippen LogP contribution in [0.3, 0.4) is 0 Å². The number of aromatic nitrogens is 1. The highest BCUT2D eigenvalue weighted by Crippen LogP contribution is 2.36. The highest BCUT2D eigenvalue weighted by Gasteiger charge is 2.35. The van der Waals surface area contributed by atoms with Crippen LogP contribution >= 0.6 is 0 Å². The van der Waals surface area contributed by atoms with Gasteiger partial charge in [0.15, 0.2) is 5.96 Å². The summed E-state index contributed by atoms with van der Waals surface area (Å²) < 4.78 is 0. The monoisotopic (exact) mass is 332 g/mol. The molecular formula is C19H32N4O. The van der Waals surface area contributed by atoms with Crippen molar-refractivity contribution in [3.05, 3.63) is 29.6 Å². The maximum Gasteiger partial charge on any atom is 0.191 e. The number of pyridine rings is 1. The van der Waals surface area contributed by atoms with E-state index in [1.54, 1.807) is 0 Å². The lowest BCUT2D eigenvalue weighted by Gasteiger charge is -2.37. The van der Waals surface area contributed by atoms with Crippen molar-refractivity contribution in [1.82, 2.24) is 15.6 Å². The molecular weight excluding hydrogens is 300 g/mol. The van der Waals surface area contributed by atoms with E-state index in [9.17, 15) is 5.11 Å². The third-order valence-corrected chi connectivity index (χ3v) is 5.05. The average molecular weight is 332 g/mol. The lowest BCUT2D eigenvalue weighted by Crippen LogP contribution is -2.42. The number of hydrogen-bond donors (Lipinski definition) is 3. The predicted molar refractivity (Wildman–Crippen MR) is 99.2 cm³/mol. The van der Waals surface area contributed by atoms with E-state index in [0.717, 1.165) is 44.7 Å². The SMILES string of the molecule is CCNC(=NCC1(C)CCCCC1O)NCCc1ccncc1C. The molecule has 0 saturated heterocycles. The molecule has 3 N–H and O–H groups in total. The number of aryl methyl sites for hydroxylation is 1. The fourth-order valence-corrected chi connectivity index (χ4v) is 3.27. The summed E-state index contributed by atoms with van der Waals surface area (Å²) in [7, 11) is 0. The highest BCUT2D eigenvalue weighted by atomic mass is 16.3. The van der Waals surface area contributed by atoms with E-state index in [-0.39, 0.29) is 11.5 Å². The Balaban J connectivity index is 1.89. The first-order valence-corrected chi connectivity index (χ1v) is 9.15. The van der Waals surface area contributed by atoms with Gasteiger partial charge in [-0.3, -0.25) is 9.98 Å². The molecule has 1 aliphatic carbocycles. The number of aliphatic hydroxyl groups is 1. The van der Waals surface area contributed by atoms with E-state index in [0.29, 0.717) is 6.54 Å². The van der Waals surface area contributed by atoms with Crippen molar-refractivity contribution < 1.29 is 5.11 Å². The molecule has 0 spiro atoms. The van der Waals surface area contributed by atoms with Crippen LogP contribution in [-0.4, -0.2) is 41.8 Å². The van der Waals surface area contributed by atoms with Crippen molar-refractivity contribution >= 4 is 5.96 Å². The Hall–Kier alpha value is -1.62. The second-order valence-electron chi connectivity index (χ2n) is 7.09. The summed E-state index contributed by atoms with van der Waals surface area (Å²) >= 11 is 0. The molecule has 2 atom stereocenters. The fourth-order valence-electron chi connectivity index (χ4n) is 3.27. The van der Waals surface area contributed by atoms with Gasteiger partial charge in [0.05, 0.1) is 12.6 Å². The van der Waals surface area contributed by atoms with E-state index >= 15 is 0 Å². The third-order valence-electron chi connectivity index (χ3n) is 5.05. The Kier molecular flexibility index (Phi) is 7.03. The average Bonchev–Trinajstić information content (AvgIpc) is 2.57. The maximum atomic E-state index is 10.3. The van der Waals surface area contributed by atoms with Gasteiger partial charge in [0.2, 0.25) is 0 Å². The summed E-state index contributed by atoms with van der Waals surface area (Å²) in [5, 5.41) is 17.0. The van der Waals surface area contributed by atoms with E-state index in [1.807, 2.05) is 12.4 Å². The molecule has 0 aromatic carbocycles. The first kappa shape index (κ1) is 18.7.